The average Bonchev–Trinajstić information content (AvgIpc) is 3.99. The summed E-state index contributed by atoms with van der Waals surface area (Å²) in [6, 6.07) is 60.5. The number of ether oxygens (including phenoxy) is 1. The highest BCUT2D eigenvalue weighted by atomic mass is 16.5. The van der Waals surface area contributed by atoms with Gasteiger partial charge in [-0.15, -0.1) is 0 Å². The Bertz CT molecular complexity index is 3510. The Kier molecular flexibility index (Phi) is 7.61. The summed E-state index contributed by atoms with van der Waals surface area (Å²) in [5.41, 5.74) is 21.3. The highest BCUT2D eigenvalue weighted by molar-refractivity contribution is 6.09. The predicted octanol–water partition coefficient (Wildman–Crippen LogP) is 16.5. The van der Waals surface area contributed by atoms with Gasteiger partial charge in [0, 0.05) is 55.2 Å². The molecule has 8 aromatic carbocycles. The summed E-state index contributed by atoms with van der Waals surface area (Å²) >= 11 is 0. The maximum absolute atomic E-state index is 6.67. The molecule has 308 valence electrons. The fourth-order valence-corrected chi connectivity index (χ4v) is 11.7. The molecule has 2 heterocycles. The van der Waals surface area contributed by atoms with Gasteiger partial charge in [0.15, 0.2) is 0 Å². The zero-order valence-corrected chi connectivity index (χ0v) is 36.8. The van der Waals surface area contributed by atoms with E-state index >= 15 is 0 Å². The van der Waals surface area contributed by atoms with E-state index in [4.69, 9.17) is 9.15 Å². The Morgan fingerprint density at radius 1 is 0.484 bits per heavy atom. The van der Waals surface area contributed by atoms with E-state index in [-0.39, 0.29) is 16.2 Å². The van der Waals surface area contributed by atoms with E-state index in [2.05, 4.69) is 215 Å². The van der Waals surface area contributed by atoms with E-state index in [9.17, 15) is 0 Å². The van der Waals surface area contributed by atoms with Crippen LogP contribution in [0.25, 0.3) is 66.4 Å². The Labute approximate surface area is 374 Å². The molecule has 3 heteroatoms. The van der Waals surface area contributed by atoms with Gasteiger partial charge in [0.2, 0.25) is 0 Å². The summed E-state index contributed by atoms with van der Waals surface area (Å²) in [6.45, 7) is 11.9. The smallest absolute Gasteiger partial charge is 0.143 e. The van der Waals surface area contributed by atoms with Crippen LogP contribution in [0.15, 0.2) is 192 Å². The molecule has 1 aromatic heterocycles. The summed E-state index contributed by atoms with van der Waals surface area (Å²) in [6.07, 6.45) is 7.42. The largest absolute Gasteiger partial charge is 0.460 e. The molecule has 0 spiro atoms. The van der Waals surface area contributed by atoms with Gasteiger partial charge in [0.1, 0.15) is 22.7 Å². The van der Waals surface area contributed by atoms with Crippen molar-refractivity contribution in [1.82, 2.24) is 0 Å². The van der Waals surface area contributed by atoms with Crippen LogP contribution in [-0.2, 0) is 16.2 Å². The first kappa shape index (κ1) is 37.2. The number of nitrogens with zero attached hydrogens (tertiary/aromatic N) is 1. The fourth-order valence-electron chi connectivity index (χ4n) is 11.7. The Hall–Kier alpha value is -7.36. The quantitative estimate of drug-likeness (QED) is 0.173. The normalized spacial score (nSPS) is 17.9. The number of benzene rings is 8. The minimum Gasteiger partial charge on any atom is -0.460 e. The van der Waals surface area contributed by atoms with Crippen molar-refractivity contribution in [3.8, 4) is 50.3 Å². The SMILES string of the molecule is CC12CC=CC=C1Oc1c(-c3ccc(N(c4ccc(-c5cccc6c5oc5ccccc56)cc4)c4cccc5c4-c4cc6c(cc4C5(C)C)-c4ccccc4C6(C)C)cc3)cccc12. The van der Waals surface area contributed by atoms with Gasteiger partial charge in [-0.05, 0) is 118 Å². The zero-order valence-electron chi connectivity index (χ0n) is 36.8. The van der Waals surface area contributed by atoms with Crippen LogP contribution in [0.3, 0.4) is 0 Å². The number of hydrogen-bond donors (Lipinski definition) is 0. The van der Waals surface area contributed by atoms with Gasteiger partial charge < -0.3 is 14.1 Å². The molecule has 0 saturated carbocycles. The minimum atomic E-state index is -0.200. The van der Waals surface area contributed by atoms with Crippen molar-refractivity contribution in [3.63, 3.8) is 0 Å². The summed E-state index contributed by atoms with van der Waals surface area (Å²) in [4.78, 5) is 2.46. The fraction of sp³-hybridized carbons (Fsp3) is 0.148. The van der Waals surface area contributed by atoms with E-state index in [0.717, 1.165) is 79.2 Å². The van der Waals surface area contributed by atoms with Crippen molar-refractivity contribution >= 4 is 39.0 Å². The molecule has 0 N–H and O–H groups in total. The lowest BCUT2D eigenvalue weighted by atomic mass is 9.76. The first-order chi connectivity index (χ1) is 31.1. The summed E-state index contributed by atoms with van der Waals surface area (Å²) in [5.74, 6) is 2.00. The number of para-hydroxylation sites is 3. The Morgan fingerprint density at radius 2 is 1.08 bits per heavy atom. The number of rotatable bonds is 5. The zero-order chi connectivity index (χ0) is 43.1. The topological polar surface area (TPSA) is 25.6 Å². The van der Waals surface area contributed by atoms with Gasteiger partial charge in [-0.25, -0.2) is 0 Å². The second-order valence-corrected chi connectivity index (χ2v) is 19.4. The molecule has 3 aliphatic carbocycles. The molecule has 64 heavy (non-hydrogen) atoms. The average molecular weight is 826 g/mol. The van der Waals surface area contributed by atoms with Gasteiger partial charge in [-0.2, -0.15) is 0 Å². The van der Waals surface area contributed by atoms with E-state index in [1.165, 1.54) is 50.1 Å². The summed E-state index contributed by atoms with van der Waals surface area (Å²) < 4.78 is 13.2. The van der Waals surface area contributed by atoms with Crippen LogP contribution in [0.2, 0.25) is 0 Å². The van der Waals surface area contributed by atoms with Crippen LogP contribution in [-0.4, -0.2) is 0 Å². The maximum Gasteiger partial charge on any atom is 0.143 e. The van der Waals surface area contributed by atoms with Gasteiger partial charge in [-0.3, -0.25) is 0 Å². The maximum atomic E-state index is 6.67. The third-order valence-corrected chi connectivity index (χ3v) is 15.2. The number of furan rings is 1. The van der Waals surface area contributed by atoms with Crippen molar-refractivity contribution in [1.29, 1.82) is 0 Å². The monoisotopic (exact) mass is 825 g/mol. The van der Waals surface area contributed by atoms with Gasteiger partial charge in [-0.1, -0.05) is 155 Å². The molecule has 1 aliphatic heterocycles. The third-order valence-electron chi connectivity index (χ3n) is 15.2. The number of anilines is 3. The van der Waals surface area contributed by atoms with E-state index < -0.39 is 0 Å². The van der Waals surface area contributed by atoms with Gasteiger partial charge in [0.25, 0.3) is 0 Å². The van der Waals surface area contributed by atoms with E-state index in [0.29, 0.717) is 0 Å². The van der Waals surface area contributed by atoms with Crippen LogP contribution in [0.5, 0.6) is 5.75 Å². The molecule has 0 radical (unpaired) electrons. The first-order valence-electron chi connectivity index (χ1n) is 22.6. The minimum absolute atomic E-state index is 0.111. The second-order valence-electron chi connectivity index (χ2n) is 19.4. The van der Waals surface area contributed by atoms with Crippen molar-refractivity contribution in [2.45, 2.75) is 57.3 Å². The van der Waals surface area contributed by atoms with Crippen LogP contribution in [0.4, 0.5) is 17.1 Å². The molecule has 0 fully saturated rings. The van der Waals surface area contributed by atoms with Crippen LogP contribution < -0.4 is 9.64 Å². The highest BCUT2D eigenvalue weighted by Crippen LogP contribution is 2.59. The number of hydrogen-bond acceptors (Lipinski definition) is 3. The molecule has 13 rings (SSSR count). The van der Waals surface area contributed by atoms with E-state index in [1.54, 1.807) is 0 Å². The van der Waals surface area contributed by atoms with E-state index in [1.807, 2.05) is 6.07 Å². The number of allylic oxidation sites excluding steroid dienone is 4. The highest BCUT2D eigenvalue weighted by Gasteiger charge is 2.44. The molecule has 1 atom stereocenters. The van der Waals surface area contributed by atoms with Crippen molar-refractivity contribution in [3.05, 3.63) is 216 Å². The molecule has 0 bridgehead atoms. The van der Waals surface area contributed by atoms with Crippen LogP contribution >= 0.6 is 0 Å². The molecule has 4 aliphatic rings. The molecular formula is C61H47NO2. The lowest BCUT2D eigenvalue weighted by molar-refractivity contribution is 0.377. The molecule has 9 aromatic rings. The molecule has 0 amide bonds. The van der Waals surface area contributed by atoms with Gasteiger partial charge >= 0.3 is 0 Å². The van der Waals surface area contributed by atoms with Crippen LogP contribution in [0, 0.1) is 0 Å². The summed E-state index contributed by atoms with van der Waals surface area (Å²) in [7, 11) is 0. The van der Waals surface area contributed by atoms with Crippen molar-refractivity contribution < 1.29 is 9.15 Å². The molecular weight excluding hydrogens is 779 g/mol. The van der Waals surface area contributed by atoms with Gasteiger partial charge in [0.05, 0.1) is 11.1 Å². The van der Waals surface area contributed by atoms with Crippen molar-refractivity contribution in [2.24, 2.45) is 0 Å². The molecule has 3 nitrogen and oxygen atoms in total. The second kappa shape index (κ2) is 13.1. The molecule has 1 unspecified atom stereocenters. The van der Waals surface area contributed by atoms with Crippen LogP contribution in [0.1, 0.15) is 68.9 Å². The lowest BCUT2D eigenvalue weighted by Crippen LogP contribution is -2.22. The Balaban J connectivity index is 0.977. The predicted molar refractivity (Wildman–Crippen MR) is 264 cm³/mol. The number of fused-ring (bicyclic) bond motifs is 12. The lowest BCUT2D eigenvalue weighted by Gasteiger charge is -2.29. The van der Waals surface area contributed by atoms with Crippen molar-refractivity contribution in [2.75, 3.05) is 4.90 Å². The Morgan fingerprint density at radius 3 is 1.89 bits per heavy atom. The third kappa shape index (κ3) is 5.04. The molecule has 0 saturated heterocycles. The summed E-state index contributed by atoms with van der Waals surface area (Å²) in [5, 5.41) is 2.27. The standard InChI is InChI=1S/C61H47NO2/c1-59(2)48-20-8-6-15-43(48)46-35-52-47(36-51(46)59)56-49(60(52,3)4)21-14-23-53(56)62(39-30-26-37(27-31-39)41-17-12-19-45-44-16-7-9-24-54(44)63-57(41)45)40-32-28-38(29-33-40)42-18-13-22-50-58(42)64-55-25-10-11-34-61(50,55)5/h6-33,35-36H,34H2,1-5H3. The first-order valence-corrected chi connectivity index (χ1v) is 22.6.